The van der Waals surface area contributed by atoms with Crippen molar-refractivity contribution in [3.8, 4) is 5.88 Å². The highest BCUT2D eigenvalue weighted by molar-refractivity contribution is 5.82. The van der Waals surface area contributed by atoms with E-state index in [1.54, 1.807) is 0 Å². The average molecular weight is 264 g/mol. The van der Waals surface area contributed by atoms with Gasteiger partial charge in [-0.05, 0) is 17.2 Å². The van der Waals surface area contributed by atoms with Gasteiger partial charge in [-0.2, -0.15) is 0 Å². The third-order valence-corrected chi connectivity index (χ3v) is 3.23. The van der Waals surface area contributed by atoms with Gasteiger partial charge in [0.15, 0.2) is 0 Å². The van der Waals surface area contributed by atoms with Crippen LogP contribution in [0, 0.1) is 0 Å². The summed E-state index contributed by atoms with van der Waals surface area (Å²) in [6.07, 6.45) is 0. The van der Waals surface area contributed by atoms with Crippen LogP contribution in [-0.2, 0) is 13.2 Å². The van der Waals surface area contributed by atoms with Crippen LogP contribution < -0.4 is 10.5 Å². The van der Waals surface area contributed by atoms with Crippen molar-refractivity contribution in [3.63, 3.8) is 0 Å². The zero-order valence-electron chi connectivity index (χ0n) is 11.1. The molecule has 3 aromatic rings. The molecule has 0 aliphatic carbocycles. The van der Waals surface area contributed by atoms with E-state index in [1.807, 2.05) is 60.7 Å². The van der Waals surface area contributed by atoms with Crippen molar-refractivity contribution in [3.05, 3.63) is 71.8 Å². The van der Waals surface area contributed by atoms with Crippen molar-refractivity contribution in [1.29, 1.82) is 0 Å². The molecule has 1 aromatic heterocycles. The molecular weight excluding hydrogens is 248 g/mol. The minimum atomic E-state index is 0.477. The maximum atomic E-state index is 5.81. The smallest absolute Gasteiger partial charge is 0.214 e. The van der Waals surface area contributed by atoms with Crippen LogP contribution in [-0.4, -0.2) is 4.98 Å². The van der Waals surface area contributed by atoms with Crippen LogP contribution in [0.4, 0.5) is 0 Å². The van der Waals surface area contributed by atoms with Gasteiger partial charge in [0.1, 0.15) is 6.61 Å². The first-order valence-electron chi connectivity index (χ1n) is 6.62. The van der Waals surface area contributed by atoms with Crippen LogP contribution in [0.2, 0.25) is 0 Å². The molecule has 0 saturated heterocycles. The molecule has 3 rings (SSSR count). The Labute approximate surface area is 118 Å². The highest BCUT2D eigenvalue weighted by Gasteiger charge is 2.05. The first kappa shape index (κ1) is 12.6. The summed E-state index contributed by atoms with van der Waals surface area (Å²) in [5.74, 6) is 0.619. The molecule has 0 atom stereocenters. The highest BCUT2D eigenvalue weighted by atomic mass is 16.5. The number of benzene rings is 2. The van der Waals surface area contributed by atoms with Crippen LogP contribution in [0.25, 0.3) is 10.9 Å². The lowest BCUT2D eigenvalue weighted by Crippen LogP contribution is -2.02. The van der Waals surface area contributed by atoms with E-state index >= 15 is 0 Å². The van der Waals surface area contributed by atoms with Gasteiger partial charge in [-0.1, -0.05) is 48.5 Å². The van der Waals surface area contributed by atoms with Gasteiger partial charge in [0, 0.05) is 18.0 Å². The molecule has 0 aliphatic heterocycles. The summed E-state index contributed by atoms with van der Waals surface area (Å²) in [6.45, 7) is 0.987. The van der Waals surface area contributed by atoms with E-state index in [0.29, 0.717) is 19.0 Å². The number of nitrogens with zero attached hydrogens (tertiary/aromatic N) is 1. The molecule has 100 valence electrons. The maximum absolute atomic E-state index is 5.81. The van der Waals surface area contributed by atoms with E-state index in [2.05, 4.69) is 4.98 Å². The number of rotatable bonds is 4. The number of para-hydroxylation sites is 1. The molecule has 0 bridgehead atoms. The molecule has 0 saturated carbocycles. The molecule has 0 unspecified atom stereocenters. The summed E-state index contributed by atoms with van der Waals surface area (Å²) < 4.78 is 5.78. The first-order valence-corrected chi connectivity index (χ1v) is 6.62. The molecule has 0 radical (unpaired) electrons. The van der Waals surface area contributed by atoms with Gasteiger partial charge in [0.2, 0.25) is 5.88 Å². The SMILES string of the molecule is NCc1cc(OCc2ccccc2)nc2ccccc12. The van der Waals surface area contributed by atoms with Crippen LogP contribution in [0.1, 0.15) is 11.1 Å². The van der Waals surface area contributed by atoms with Gasteiger partial charge < -0.3 is 10.5 Å². The normalized spacial score (nSPS) is 10.7. The lowest BCUT2D eigenvalue weighted by Gasteiger charge is -2.09. The molecular formula is C17H16N2O. The molecule has 1 heterocycles. The summed E-state index contributed by atoms with van der Waals surface area (Å²) in [5.41, 5.74) is 8.90. The van der Waals surface area contributed by atoms with Crippen molar-refractivity contribution in [1.82, 2.24) is 4.98 Å². The van der Waals surface area contributed by atoms with E-state index in [-0.39, 0.29) is 0 Å². The van der Waals surface area contributed by atoms with Crippen molar-refractivity contribution in [2.75, 3.05) is 0 Å². The third-order valence-electron chi connectivity index (χ3n) is 3.23. The third kappa shape index (κ3) is 2.63. The number of hydrogen-bond donors (Lipinski definition) is 1. The molecule has 0 aliphatic rings. The predicted molar refractivity (Wildman–Crippen MR) is 80.4 cm³/mol. The van der Waals surface area contributed by atoms with Crippen molar-refractivity contribution >= 4 is 10.9 Å². The Hall–Kier alpha value is -2.39. The van der Waals surface area contributed by atoms with Crippen LogP contribution in [0.5, 0.6) is 5.88 Å². The lowest BCUT2D eigenvalue weighted by molar-refractivity contribution is 0.295. The monoisotopic (exact) mass is 264 g/mol. The second-order valence-electron chi connectivity index (χ2n) is 4.62. The Morgan fingerprint density at radius 3 is 2.50 bits per heavy atom. The van der Waals surface area contributed by atoms with Crippen molar-refractivity contribution in [2.45, 2.75) is 13.2 Å². The number of hydrogen-bond acceptors (Lipinski definition) is 3. The standard InChI is InChI=1S/C17H16N2O/c18-11-14-10-17(19-16-9-5-4-8-15(14)16)20-12-13-6-2-1-3-7-13/h1-10H,11-12,18H2. The summed E-state index contributed by atoms with van der Waals surface area (Å²) in [6, 6.07) is 19.9. The molecule has 2 aromatic carbocycles. The minimum Gasteiger partial charge on any atom is -0.473 e. The molecule has 20 heavy (non-hydrogen) atoms. The summed E-state index contributed by atoms with van der Waals surface area (Å²) in [7, 11) is 0. The summed E-state index contributed by atoms with van der Waals surface area (Å²) >= 11 is 0. The predicted octanol–water partition coefficient (Wildman–Crippen LogP) is 3.27. The van der Waals surface area contributed by atoms with Gasteiger partial charge in [-0.25, -0.2) is 4.98 Å². The Kier molecular flexibility index (Phi) is 3.61. The van der Waals surface area contributed by atoms with E-state index in [1.165, 1.54) is 0 Å². The molecule has 3 heteroatoms. The topological polar surface area (TPSA) is 48.1 Å². The number of ether oxygens (including phenoxy) is 1. The maximum Gasteiger partial charge on any atom is 0.214 e. The number of aromatic nitrogens is 1. The van der Waals surface area contributed by atoms with Crippen molar-refractivity contribution < 1.29 is 4.74 Å². The van der Waals surface area contributed by atoms with Gasteiger partial charge in [0.25, 0.3) is 0 Å². The van der Waals surface area contributed by atoms with E-state index in [9.17, 15) is 0 Å². The Bertz CT molecular complexity index is 711. The van der Waals surface area contributed by atoms with E-state index in [0.717, 1.165) is 22.0 Å². The number of fused-ring (bicyclic) bond motifs is 1. The largest absolute Gasteiger partial charge is 0.473 e. The van der Waals surface area contributed by atoms with Gasteiger partial charge >= 0.3 is 0 Å². The second kappa shape index (κ2) is 5.72. The quantitative estimate of drug-likeness (QED) is 0.786. The van der Waals surface area contributed by atoms with Gasteiger partial charge in [-0.15, -0.1) is 0 Å². The molecule has 3 nitrogen and oxygen atoms in total. The highest BCUT2D eigenvalue weighted by Crippen LogP contribution is 2.22. The Balaban J connectivity index is 1.88. The van der Waals surface area contributed by atoms with Crippen LogP contribution in [0.3, 0.4) is 0 Å². The van der Waals surface area contributed by atoms with E-state index in [4.69, 9.17) is 10.5 Å². The number of pyridine rings is 1. The van der Waals surface area contributed by atoms with Gasteiger partial charge in [0.05, 0.1) is 5.52 Å². The molecule has 2 N–H and O–H groups in total. The zero-order chi connectivity index (χ0) is 13.8. The van der Waals surface area contributed by atoms with Crippen molar-refractivity contribution in [2.24, 2.45) is 5.73 Å². The van der Waals surface area contributed by atoms with Crippen LogP contribution in [0.15, 0.2) is 60.7 Å². The Morgan fingerprint density at radius 2 is 1.70 bits per heavy atom. The minimum absolute atomic E-state index is 0.477. The molecule has 0 spiro atoms. The summed E-state index contributed by atoms with van der Waals surface area (Å²) in [4.78, 5) is 4.52. The molecule has 0 fully saturated rings. The average Bonchev–Trinajstić information content (AvgIpc) is 2.53. The molecule has 0 amide bonds. The fraction of sp³-hybridized carbons (Fsp3) is 0.118. The summed E-state index contributed by atoms with van der Waals surface area (Å²) in [5, 5.41) is 1.09. The number of nitrogens with two attached hydrogens (primary N) is 1. The zero-order valence-corrected chi connectivity index (χ0v) is 11.1. The fourth-order valence-corrected chi connectivity index (χ4v) is 2.19. The van der Waals surface area contributed by atoms with Crippen LogP contribution >= 0.6 is 0 Å². The Morgan fingerprint density at radius 1 is 0.950 bits per heavy atom. The fourth-order valence-electron chi connectivity index (χ4n) is 2.19. The van der Waals surface area contributed by atoms with E-state index < -0.39 is 0 Å². The first-order chi connectivity index (χ1) is 9.86. The lowest BCUT2D eigenvalue weighted by atomic mass is 10.1. The second-order valence-corrected chi connectivity index (χ2v) is 4.62. The van der Waals surface area contributed by atoms with Gasteiger partial charge in [-0.3, -0.25) is 0 Å².